The highest BCUT2D eigenvalue weighted by Gasteiger charge is 2.26. The number of fused-ring (bicyclic) bond motifs is 1. The average Bonchev–Trinajstić information content (AvgIpc) is 3.28. The number of rotatable bonds is 8. The fourth-order valence-corrected chi connectivity index (χ4v) is 7.12. The Labute approximate surface area is 220 Å². The van der Waals surface area contributed by atoms with Crippen LogP contribution in [0.1, 0.15) is 41.1 Å². The maximum absolute atomic E-state index is 13.3. The molecule has 10 heteroatoms. The van der Waals surface area contributed by atoms with Crippen molar-refractivity contribution in [3.05, 3.63) is 74.9 Å². The third-order valence-electron chi connectivity index (χ3n) is 6.09. The summed E-state index contributed by atoms with van der Waals surface area (Å²) >= 11 is 7.78. The SMILES string of the molecule is CCN(c1ccccc1)S(=O)(=O)c1ccc(Cl)c(NC(=O)COC(=O)c2csc3c2CC[C@H](C)C3)c1. The number of carbonyl (C=O) groups excluding carboxylic acids is 2. The van der Waals surface area contributed by atoms with Crippen LogP contribution in [0.3, 0.4) is 0 Å². The fraction of sp³-hybridized carbons (Fsp3) is 0.308. The largest absolute Gasteiger partial charge is 0.452 e. The van der Waals surface area contributed by atoms with Crippen molar-refractivity contribution >= 4 is 56.2 Å². The molecular formula is C26H27ClN2O5S2. The molecule has 0 bridgehead atoms. The molecule has 1 amide bonds. The van der Waals surface area contributed by atoms with Crippen LogP contribution in [-0.2, 0) is 32.4 Å². The zero-order valence-electron chi connectivity index (χ0n) is 20.0. The third-order valence-corrected chi connectivity index (χ3v) is 9.37. The van der Waals surface area contributed by atoms with Crippen molar-refractivity contribution in [2.75, 3.05) is 22.8 Å². The van der Waals surface area contributed by atoms with Gasteiger partial charge in [-0.2, -0.15) is 0 Å². The molecule has 0 fully saturated rings. The summed E-state index contributed by atoms with van der Waals surface area (Å²) in [6.07, 6.45) is 2.79. The Morgan fingerprint density at radius 1 is 1.19 bits per heavy atom. The first-order chi connectivity index (χ1) is 17.2. The monoisotopic (exact) mass is 546 g/mol. The van der Waals surface area contributed by atoms with E-state index in [2.05, 4.69) is 12.2 Å². The molecule has 4 rings (SSSR count). The number of ether oxygens (including phenoxy) is 1. The van der Waals surface area contributed by atoms with Gasteiger partial charge in [0, 0.05) is 16.8 Å². The average molecular weight is 547 g/mol. The zero-order chi connectivity index (χ0) is 25.9. The number of hydrogen-bond donors (Lipinski definition) is 1. The van der Waals surface area contributed by atoms with E-state index in [-0.39, 0.29) is 22.2 Å². The minimum absolute atomic E-state index is 0.0240. The van der Waals surface area contributed by atoms with Gasteiger partial charge in [-0.1, -0.05) is 36.7 Å². The van der Waals surface area contributed by atoms with Crippen LogP contribution in [0.25, 0.3) is 0 Å². The Hall–Kier alpha value is -2.88. The molecule has 1 aliphatic carbocycles. The van der Waals surface area contributed by atoms with Gasteiger partial charge in [0.05, 0.1) is 26.9 Å². The van der Waals surface area contributed by atoms with E-state index in [1.165, 1.54) is 27.4 Å². The van der Waals surface area contributed by atoms with Crippen LogP contribution in [0.5, 0.6) is 0 Å². The Bertz CT molecular complexity index is 1370. The number of nitrogens with zero attached hydrogens (tertiary/aromatic N) is 1. The number of benzene rings is 2. The molecule has 0 spiro atoms. The lowest BCUT2D eigenvalue weighted by atomic mass is 9.88. The summed E-state index contributed by atoms with van der Waals surface area (Å²) in [6.45, 7) is 3.64. The van der Waals surface area contributed by atoms with Gasteiger partial charge in [-0.3, -0.25) is 9.10 Å². The van der Waals surface area contributed by atoms with Crippen LogP contribution in [0.15, 0.2) is 58.8 Å². The van der Waals surface area contributed by atoms with Crippen LogP contribution in [0.2, 0.25) is 5.02 Å². The third kappa shape index (κ3) is 5.58. The number of nitrogens with one attached hydrogen (secondary N) is 1. The van der Waals surface area contributed by atoms with Crippen LogP contribution in [-0.4, -0.2) is 33.4 Å². The topological polar surface area (TPSA) is 92.8 Å². The van der Waals surface area contributed by atoms with Crippen molar-refractivity contribution in [2.45, 2.75) is 38.0 Å². The molecule has 7 nitrogen and oxygen atoms in total. The van der Waals surface area contributed by atoms with Crippen LogP contribution in [0.4, 0.5) is 11.4 Å². The number of thiophene rings is 1. The van der Waals surface area contributed by atoms with E-state index in [9.17, 15) is 18.0 Å². The van der Waals surface area contributed by atoms with Crippen LogP contribution >= 0.6 is 22.9 Å². The van der Waals surface area contributed by atoms with Gasteiger partial charge in [-0.25, -0.2) is 13.2 Å². The lowest BCUT2D eigenvalue weighted by Crippen LogP contribution is -2.30. The minimum Gasteiger partial charge on any atom is -0.452 e. The second-order valence-corrected chi connectivity index (χ2v) is 11.9. The van der Waals surface area contributed by atoms with E-state index in [1.54, 1.807) is 54.0 Å². The second-order valence-electron chi connectivity index (χ2n) is 8.67. The number of carbonyl (C=O) groups is 2. The maximum Gasteiger partial charge on any atom is 0.339 e. The Morgan fingerprint density at radius 2 is 1.94 bits per heavy atom. The summed E-state index contributed by atoms with van der Waals surface area (Å²) in [5.74, 6) is -0.568. The second kappa shape index (κ2) is 11.0. The highest BCUT2D eigenvalue weighted by Crippen LogP contribution is 2.33. The van der Waals surface area contributed by atoms with E-state index in [0.29, 0.717) is 17.2 Å². The number of para-hydroxylation sites is 1. The first kappa shape index (κ1) is 26.2. The summed E-state index contributed by atoms with van der Waals surface area (Å²) in [5, 5.41) is 4.52. The molecule has 36 heavy (non-hydrogen) atoms. The molecule has 1 N–H and O–H groups in total. The number of esters is 1. The molecule has 1 aliphatic rings. The van der Waals surface area contributed by atoms with Gasteiger partial charge in [0.2, 0.25) is 0 Å². The molecule has 0 saturated heterocycles. The van der Waals surface area contributed by atoms with E-state index in [1.807, 2.05) is 0 Å². The molecular weight excluding hydrogens is 520 g/mol. The van der Waals surface area contributed by atoms with Crippen molar-refractivity contribution in [1.29, 1.82) is 0 Å². The molecule has 190 valence electrons. The van der Waals surface area contributed by atoms with Crippen LogP contribution < -0.4 is 9.62 Å². The zero-order valence-corrected chi connectivity index (χ0v) is 22.4. The maximum atomic E-state index is 13.3. The Morgan fingerprint density at radius 3 is 2.67 bits per heavy atom. The van der Waals surface area contributed by atoms with Gasteiger partial charge in [0.25, 0.3) is 15.9 Å². The normalized spacial score (nSPS) is 15.1. The van der Waals surface area contributed by atoms with Gasteiger partial charge in [-0.15, -0.1) is 11.3 Å². The Kier molecular flexibility index (Phi) is 8.02. The number of halogens is 1. The summed E-state index contributed by atoms with van der Waals surface area (Å²) in [5.41, 5.74) is 2.17. The lowest BCUT2D eigenvalue weighted by Gasteiger charge is -2.23. The number of anilines is 2. The number of sulfonamides is 1. The molecule has 0 radical (unpaired) electrons. The molecule has 0 aliphatic heterocycles. The van der Waals surface area contributed by atoms with Gasteiger partial charge in [0.1, 0.15) is 0 Å². The van der Waals surface area contributed by atoms with Crippen molar-refractivity contribution in [2.24, 2.45) is 5.92 Å². The summed E-state index contributed by atoms with van der Waals surface area (Å²) in [4.78, 5) is 26.3. The lowest BCUT2D eigenvalue weighted by molar-refractivity contribution is -0.119. The summed E-state index contributed by atoms with van der Waals surface area (Å²) in [7, 11) is -3.91. The van der Waals surface area contributed by atoms with E-state index >= 15 is 0 Å². The molecule has 0 unspecified atom stereocenters. The van der Waals surface area contributed by atoms with Gasteiger partial charge >= 0.3 is 5.97 Å². The first-order valence-corrected chi connectivity index (χ1v) is 14.3. The summed E-state index contributed by atoms with van der Waals surface area (Å²) in [6, 6.07) is 12.8. The molecule has 0 saturated carbocycles. The number of amides is 1. The first-order valence-electron chi connectivity index (χ1n) is 11.6. The van der Waals surface area contributed by atoms with E-state index in [0.717, 1.165) is 24.8 Å². The van der Waals surface area contributed by atoms with Gasteiger partial charge < -0.3 is 10.1 Å². The van der Waals surface area contributed by atoms with Crippen molar-refractivity contribution in [1.82, 2.24) is 0 Å². The molecule has 2 aromatic carbocycles. The van der Waals surface area contributed by atoms with Crippen molar-refractivity contribution in [3.63, 3.8) is 0 Å². The van der Waals surface area contributed by atoms with Gasteiger partial charge in [-0.05, 0) is 68.0 Å². The predicted octanol–water partition coefficient (Wildman–Crippen LogP) is 5.54. The smallest absolute Gasteiger partial charge is 0.339 e. The fourth-order valence-electron chi connectivity index (χ4n) is 4.22. The highest BCUT2D eigenvalue weighted by molar-refractivity contribution is 7.92. The standard InChI is InChI=1S/C26H27ClN2O5S2/c1-3-29(18-7-5-4-6-8-18)36(32,33)19-10-12-22(27)23(14-19)28-25(30)15-34-26(31)21-16-35-24-13-17(2)9-11-20(21)24/h4-8,10,12,14,16-17H,3,9,11,13,15H2,1-2H3,(H,28,30)/t17-/m0/s1. The highest BCUT2D eigenvalue weighted by atomic mass is 35.5. The van der Waals surface area contributed by atoms with Crippen molar-refractivity contribution < 1.29 is 22.7 Å². The van der Waals surface area contributed by atoms with Crippen LogP contribution in [0, 0.1) is 5.92 Å². The Balaban J connectivity index is 1.45. The number of hydrogen-bond acceptors (Lipinski definition) is 6. The van der Waals surface area contributed by atoms with E-state index < -0.39 is 28.5 Å². The molecule has 3 aromatic rings. The minimum atomic E-state index is -3.91. The van der Waals surface area contributed by atoms with Crippen molar-refractivity contribution in [3.8, 4) is 0 Å². The summed E-state index contributed by atoms with van der Waals surface area (Å²) < 4.78 is 33.1. The molecule has 1 heterocycles. The quantitative estimate of drug-likeness (QED) is 0.375. The van der Waals surface area contributed by atoms with Gasteiger partial charge in [0.15, 0.2) is 6.61 Å². The van der Waals surface area contributed by atoms with E-state index in [4.69, 9.17) is 16.3 Å². The molecule has 1 aromatic heterocycles. The predicted molar refractivity (Wildman–Crippen MR) is 143 cm³/mol. The molecule has 1 atom stereocenters.